The van der Waals surface area contributed by atoms with Crippen LogP contribution in [0.4, 0.5) is 13.2 Å². The smallest absolute Gasteiger partial charge is 0.319 e. The highest BCUT2D eigenvalue weighted by Gasteiger charge is 2.34. The highest BCUT2D eigenvalue weighted by molar-refractivity contribution is 7.10. The molecule has 112 valence electrons. The molecule has 2 N–H and O–H groups in total. The summed E-state index contributed by atoms with van der Waals surface area (Å²) in [5.74, 6) is 0. The van der Waals surface area contributed by atoms with Crippen LogP contribution in [0.25, 0.3) is 11.3 Å². The second kappa shape index (κ2) is 5.10. The lowest BCUT2D eigenvalue weighted by Crippen LogP contribution is -2.32. The average Bonchev–Trinajstić information content (AvgIpc) is 3.07. The van der Waals surface area contributed by atoms with Crippen molar-refractivity contribution in [3.8, 4) is 11.3 Å². The third-order valence-corrected chi connectivity index (χ3v) is 4.97. The number of hydrogen-bond donors (Lipinski definition) is 1. The van der Waals surface area contributed by atoms with Crippen LogP contribution in [0.3, 0.4) is 0 Å². The minimum Gasteiger partial charge on any atom is -0.319 e. The van der Waals surface area contributed by atoms with Crippen LogP contribution >= 0.6 is 11.3 Å². The number of aromatic nitrogens is 1. The van der Waals surface area contributed by atoms with E-state index in [9.17, 15) is 13.2 Å². The molecule has 0 amide bonds. The first-order valence-electron chi connectivity index (χ1n) is 6.81. The van der Waals surface area contributed by atoms with E-state index in [4.69, 9.17) is 5.73 Å². The summed E-state index contributed by atoms with van der Waals surface area (Å²) in [4.78, 5) is 4.48. The Morgan fingerprint density at radius 1 is 1.19 bits per heavy atom. The maximum atomic E-state index is 12.8. The van der Waals surface area contributed by atoms with Gasteiger partial charge in [0.1, 0.15) is 5.01 Å². The maximum Gasteiger partial charge on any atom is 0.416 e. The van der Waals surface area contributed by atoms with Crippen LogP contribution < -0.4 is 5.73 Å². The summed E-state index contributed by atoms with van der Waals surface area (Å²) < 4.78 is 38.3. The first-order chi connectivity index (χ1) is 9.88. The zero-order chi connectivity index (χ0) is 15.1. The zero-order valence-electron chi connectivity index (χ0n) is 11.3. The fraction of sp³-hybridized carbons (Fsp3) is 0.400. The molecule has 2 nitrogen and oxygen atoms in total. The van der Waals surface area contributed by atoms with Gasteiger partial charge in [0.25, 0.3) is 0 Å². The van der Waals surface area contributed by atoms with Crippen molar-refractivity contribution < 1.29 is 13.2 Å². The van der Waals surface area contributed by atoms with Crippen LogP contribution in [0, 0.1) is 0 Å². The van der Waals surface area contributed by atoms with E-state index < -0.39 is 17.3 Å². The van der Waals surface area contributed by atoms with Gasteiger partial charge in [0.05, 0.1) is 16.8 Å². The van der Waals surface area contributed by atoms with Gasteiger partial charge in [0, 0.05) is 10.9 Å². The fourth-order valence-electron chi connectivity index (χ4n) is 2.71. The summed E-state index contributed by atoms with van der Waals surface area (Å²) in [7, 11) is 0. The Morgan fingerprint density at radius 2 is 1.90 bits per heavy atom. The summed E-state index contributed by atoms with van der Waals surface area (Å²) in [6, 6.07) is 5.26. The summed E-state index contributed by atoms with van der Waals surface area (Å²) in [6.45, 7) is 0. The molecule has 6 heteroatoms. The van der Waals surface area contributed by atoms with E-state index >= 15 is 0 Å². The van der Waals surface area contributed by atoms with Gasteiger partial charge < -0.3 is 5.73 Å². The van der Waals surface area contributed by atoms with Crippen molar-refractivity contribution in [3.63, 3.8) is 0 Å². The molecule has 21 heavy (non-hydrogen) atoms. The molecule has 1 aromatic heterocycles. The van der Waals surface area contributed by atoms with Gasteiger partial charge in [-0.25, -0.2) is 4.98 Å². The molecule has 3 rings (SSSR count). The van der Waals surface area contributed by atoms with E-state index in [0.717, 1.165) is 42.8 Å². The Balaban J connectivity index is 1.93. The lowest BCUT2D eigenvalue weighted by atomic mass is 10.0. The molecule has 1 aliphatic rings. The highest BCUT2D eigenvalue weighted by Crippen LogP contribution is 2.39. The quantitative estimate of drug-likeness (QED) is 0.883. The van der Waals surface area contributed by atoms with Crippen LogP contribution in [0.1, 0.15) is 36.3 Å². The van der Waals surface area contributed by atoms with Crippen LogP contribution in [0.2, 0.25) is 0 Å². The molecule has 1 heterocycles. The van der Waals surface area contributed by atoms with Crippen LogP contribution in [0.5, 0.6) is 0 Å². The molecule has 0 aliphatic heterocycles. The van der Waals surface area contributed by atoms with Gasteiger partial charge in [0.2, 0.25) is 0 Å². The molecular weight excluding hydrogens is 297 g/mol. The zero-order valence-corrected chi connectivity index (χ0v) is 12.1. The normalized spacial score (nSPS) is 18.1. The number of hydrogen-bond acceptors (Lipinski definition) is 3. The maximum absolute atomic E-state index is 12.8. The Kier molecular flexibility index (Phi) is 3.53. The van der Waals surface area contributed by atoms with Gasteiger partial charge >= 0.3 is 6.18 Å². The number of benzene rings is 1. The average molecular weight is 312 g/mol. The van der Waals surface area contributed by atoms with Crippen LogP contribution in [-0.4, -0.2) is 4.98 Å². The van der Waals surface area contributed by atoms with Crippen molar-refractivity contribution in [1.29, 1.82) is 0 Å². The standard InChI is InChI=1S/C15H15F3N2S/c16-15(17,18)11-5-3-4-10(8-11)12-9-21-13(20-12)14(19)6-1-2-7-14/h3-5,8-9H,1-2,6-7,19H2. The van der Waals surface area contributed by atoms with Crippen molar-refractivity contribution in [1.82, 2.24) is 4.98 Å². The van der Waals surface area contributed by atoms with Crippen molar-refractivity contribution in [3.05, 3.63) is 40.2 Å². The molecule has 0 unspecified atom stereocenters. The van der Waals surface area contributed by atoms with Crippen molar-refractivity contribution >= 4 is 11.3 Å². The molecule has 0 bridgehead atoms. The van der Waals surface area contributed by atoms with Gasteiger partial charge in [-0.2, -0.15) is 13.2 Å². The van der Waals surface area contributed by atoms with E-state index in [1.807, 2.05) is 0 Å². The van der Waals surface area contributed by atoms with Gasteiger partial charge in [-0.1, -0.05) is 25.0 Å². The fourth-order valence-corrected chi connectivity index (χ4v) is 3.71. The lowest BCUT2D eigenvalue weighted by Gasteiger charge is -2.19. The molecule has 0 atom stereocenters. The highest BCUT2D eigenvalue weighted by atomic mass is 32.1. The van der Waals surface area contributed by atoms with Gasteiger partial charge in [-0.3, -0.25) is 0 Å². The second-order valence-corrected chi connectivity index (χ2v) is 6.34. The summed E-state index contributed by atoms with van der Waals surface area (Å²) in [5, 5.41) is 2.62. The third kappa shape index (κ3) is 2.82. The van der Waals surface area contributed by atoms with E-state index in [0.29, 0.717) is 11.3 Å². The summed E-state index contributed by atoms with van der Waals surface area (Å²) >= 11 is 1.44. The first-order valence-corrected chi connectivity index (χ1v) is 7.69. The molecular formula is C15H15F3N2S. The minimum absolute atomic E-state index is 0.398. The molecule has 0 saturated heterocycles. The van der Waals surface area contributed by atoms with E-state index in [1.54, 1.807) is 11.4 Å². The van der Waals surface area contributed by atoms with Crippen molar-refractivity contribution in [2.24, 2.45) is 5.73 Å². The number of rotatable bonds is 2. The number of halogens is 3. The Hall–Kier alpha value is -1.40. The molecule has 1 saturated carbocycles. The summed E-state index contributed by atoms with van der Waals surface area (Å²) in [5.41, 5.74) is 6.33. The lowest BCUT2D eigenvalue weighted by molar-refractivity contribution is -0.137. The largest absolute Gasteiger partial charge is 0.416 e. The Bertz CT molecular complexity index is 642. The molecule has 1 fully saturated rings. The molecule has 1 aromatic carbocycles. The minimum atomic E-state index is -4.34. The molecule has 0 radical (unpaired) electrons. The van der Waals surface area contributed by atoms with E-state index in [-0.39, 0.29) is 0 Å². The Labute approximate surface area is 124 Å². The number of nitrogens with zero attached hydrogens (tertiary/aromatic N) is 1. The molecule has 2 aromatic rings. The SMILES string of the molecule is NC1(c2nc(-c3cccc(C(F)(F)F)c3)cs2)CCCC1. The topological polar surface area (TPSA) is 38.9 Å². The van der Waals surface area contributed by atoms with Crippen LogP contribution in [-0.2, 0) is 11.7 Å². The molecule has 0 spiro atoms. The second-order valence-electron chi connectivity index (χ2n) is 5.48. The predicted octanol–water partition coefficient (Wildman–Crippen LogP) is 4.56. The number of nitrogens with two attached hydrogens (primary N) is 1. The van der Waals surface area contributed by atoms with Crippen LogP contribution in [0.15, 0.2) is 29.6 Å². The van der Waals surface area contributed by atoms with Crippen molar-refractivity contribution in [2.75, 3.05) is 0 Å². The Morgan fingerprint density at radius 3 is 2.57 bits per heavy atom. The van der Waals surface area contributed by atoms with Gasteiger partial charge in [-0.05, 0) is 25.0 Å². The number of thiazole rings is 1. The first kappa shape index (κ1) is 14.5. The summed E-state index contributed by atoms with van der Waals surface area (Å²) in [6.07, 6.45) is -0.398. The van der Waals surface area contributed by atoms with Gasteiger partial charge in [0.15, 0.2) is 0 Å². The van der Waals surface area contributed by atoms with E-state index in [2.05, 4.69) is 4.98 Å². The monoisotopic (exact) mass is 312 g/mol. The van der Waals surface area contributed by atoms with E-state index in [1.165, 1.54) is 17.4 Å². The third-order valence-electron chi connectivity index (χ3n) is 3.91. The van der Waals surface area contributed by atoms with Crippen molar-refractivity contribution in [2.45, 2.75) is 37.4 Å². The van der Waals surface area contributed by atoms with Gasteiger partial charge in [-0.15, -0.1) is 11.3 Å². The number of alkyl halides is 3. The molecule has 1 aliphatic carbocycles. The predicted molar refractivity (Wildman–Crippen MR) is 76.9 cm³/mol.